The predicted octanol–water partition coefficient (Wildman–Crippen LogP) is 3.15. The minimum Gasteiger partial charge on any atom is -0.478 e. The highest BCUT2D eigenvalue weighted by molar-refractivity contribution is 6.12. The molecule has 0 aliphatic heterocycles. The van der Waals surface area contributed by atoms with E-state index in [2.05, 4.69) is 10.6 Å². The molecule has 0 spiro atoms. The summed E-state index contributed by atoms with van der Waals surface area (Å²) in [4.78, 5) is 36.7. The zero-order valence-corrected chi connectivity index (χ0v) is 16.0. The number of amides is 2. The van der Waals surface area contributed by atoms with Crippen molar-refractivity contribution in [1.29, 1.82) is 0 Å². The second kappa shape index (κ2) is 9.49. The fraction of sp³-hybridized carbons (Fsp3) is 0.0870. The van der Waals surface area contributed by atoms with Crippen LogP contribution in [0.5, 0.6) is 0 Å². The molecule has 0 saturated heterocycles. The maximum atomic E-state index is 12.8. The lowest BCUT2D eigenvalue weighted by Crippen LogP contribution is -2.37. The summed E-state index contributed by atoms with van der Waals surface area (Å²) in [5, 5.41) is 14.6. The second-order valence-electron chi connectivity index (χ2n) is 6.64. The summed E-state index contributed by atoms with van der Waals surface area (Å²) in [6.45, 7) is 0. The van der Waals surface area contributed by atoms with E-state index in [-0.39, 0.29) is 22.5 Å². The number of carbonyl (C=O) groups is 3. The average Bonchev–Trinajstić information content (AvgIpc) is 2.75. The molecule has 0 saturated carbocycles. The molecule has 0 unspecified atom stereocenters. The molecule has 7 heteroatoms. The van der Waals surface area contributed by atoms with Gasteiger partial charge in [-0.3, -0.25) is 9.59 Å². The van der Waals surface area contributed by atoms with Crippen LogP contribution < -0.4 is 16.4 Å². The van der Waals surface area contributed by atoms with Crippen LogP contribution in [-0.2, 0) is 11.2 Å². The number of carboxylic acids is 1. The lowest BCUT2D eigenvalue weighted by atomic mass is 10.1. The Morgan fingerprint density at radius 2 is 1.30 bits per heavy atom. The van der Waals surface area contributed by atoms with Gasteiger partial charge in [-0.2, -0.15) is 0 Å². The van der Waals surface area contributed by atoms with E-state index in [1.54, 1.807) is 30.3 Å². The Morgan fingerprint density at radius 1 is 0.767 bits per heavy atom. The zero-order chi connectivity index (χ0) is 21.5. The molecule has 0 aliphatic rings. The van der Waals surface area contributed by atoms with E-state index in [1.165, 1.54) is 18.2 Å². The molecule has 0 heterocycles. The van der Waals surface area contributed by atoms with Crippen LogP contribution in [0.2, 0.25) is 0 Å². The second-order valence-corrected chi connectivity index (χ2v) is 6.64. The van der Waals surface area contributed by atoms with Crippen LogP contribution in [0.4, 0.5) is 11.4 Å². The largest absolute Gasteiger partial charge is 0.478 e. The van der Waals surface area contributed by atoms with Gasteiger partial charge in [-0.25, -0.2) is 4.79 Å². The van der Waals surface area contributed by atoms with Gasteiger partial charge in [0.15, 0.2) is 0 Å². The first-order chi connectivity index (χ1) is 14.5. The number of carboxylic acid groups (broad SMARTS) is 1. The lowest BCUT2D eigenvalue weighted by Gasteiger charge is -2.15. The first-order valence-electron chi connectivity index (χ1n) is 9.29. The molecular formula is C23H21N3O4. The van der Waals surface area contributed by atoms with E-state index in [1.807, 2.05) is 30.3 Å². The van der Waals surface area contributed by atoms with Crippen molar-refractivity contribution in [2.45, 2.75) is 12.5 Å². The Bertz CT molecular complexity index is 1070. The van der Waals surface area contributed by atoms with Crippen molar-refractivity contribution >= 4 is 29.2 Å². The molecular weight excluding hydrogens is 382 g/mol. The van der Waals surface area contributed by atoms with Crippen molar-refractivity contribution in [1.82, 2.24) is 0 Å². The van der Waals surface area contributed by atoms with Gasteiger partial charge in [0.2, 0.25) is 5.91 Å². The summed E-state index contributed by atoms with van der Waals surface area (Å²) in [5.74, 6) is -2.12. The molecule has 30 heavy (non-hydrogen) atoms. The Hall–Kier alpha value is -3.97. The SMILES string of the molecule is N[C@H](Cc1ccccc1)C(=O)Nc1ccccc1C(=O)Nc1ccccc1C(=O)O. The fourth-order valence-corrected chi connectivity index (χ4v) is 2.94. The van der Waals surface area contributed by atoms with Crippen LogP contribution in [0.3, 0.4) is 0 Å². The van der Waals surface area contributed by atoms with Crippen LogP contribution in [0.15, 0.2) is 78.9 Å². The molecule has 0 aromatic heterocycles. The van der Waals surface area contributed by atoms with Crippen molar-refractivity contribution in [2.24, 2.45) is 5.73 Å². The lowest BCUT2D eigenvalue weighted by molar-refractivity contribution is -0.117. The number of carbonyl (C=O) groups excluding carboxylic acids is 2. The van der Waals surface area contributed by atoms with Gasteiger partial charge >= 0.3 is 5.97 Å². The van der Waals surface area contributed by atoms with Crippen molar-refractivity contribution < 1.29 is 19.5 Å². The van der Waals surface area contributed by atoms with E-state index in [9.17, 15) is 19.5 Å². The van der Waals surface area contributed by atoms with Gasteiger partial charge in [-0.1, -0.05) is 54.6 Å². The highest BCUT2D eigenvalue weighted by Gasteiger charge is 2.19. The minimum absolute atomic E-state index is 0.0303. The predicted molar refractivity (Wildman–Crippen MR) is 115 cm³/mol. The van der Waals surface area contributed by atoms with Crippen LogP contribution in [0.1, 0.15) is 26.3 Å². The average molecular weight is 403 g/mol. The molecule has 3 aromatic carbocycles. The molecule has 0 radical (unpaired) electrons. The van der Waals surface area contributed by atoms with Crippen LogP contribution in [0, 0.1) is 0 Å². The van der Waals surface area contributed by atoms with Crippen molar-refractivity contribution in [3.8, 4) is 0 Å². The molecule has 3 rings (SSSR count). The molecule has 1 atom stereocenters. The van der Waals surface area contributed by atoms with Gasteiger partial charge in [0, 0.05) is 0 Å². The quantitative estimate of drug-likeness (QED) is 0.483. The first kappa shape index (κ1) is 20.8. The summed E-state index contributed by atoms with van der Waals surface area (Å²) < 4.78 is 0. The van der Waals surface area contributed by atoms with Crippen LogP contribution >= 0.6 is 0 Å². The summed E-state index contributed by atoms with van der Waals surface area (Å²) in [5.41, 5.74) is 7.56. The molecule has 2 amide bonds. The molecule has 7 nitrogen and oxygen atoms in total. The van der Waals surface area contributed by atoms with E-state index in [0.717, 1.165) is 5.56 Å². The Kier molecular flexibility index (Phi) is 6.56. The van der Waals surface area contributed by atoms with E-state index in [4.69, 9.17) is 5.73 Å². The Labute approximate surface area is 173 Å². The fourth-order valence-electron chi connectivity index (χ4n) is 2.94. The van der Waals surface area contributed by atoms with Crippen LogP contribution in [-0.4, -0.2) is 28.9 Å². The van der Waals surface area contributed by atoms with Crippen molar-refractivity contribution in [3.05, 3.63) is 95.6 Å². The monoisotopic (exact) mass is 403 g/mol. The van der Waals surface area contributed by atoms with Gasteiger partial charge in [0.1, 0.15) is 0 Å². The topological polar surface area (TPSA) is 122 Å². The third-order valence-electron chi connectivity index (χ3n) is 4.47. The normalized spacial score (nSPS) is 11.4. The molecule has 0 bridgehead atoms. The summed E-state index contributed by atoms with van der Waals surface area (Å²) in [6, 6.07) is 21.1. The standard InChI is InChI=1S/C23H21N3O4/c24-18(14-15-8-2-1-3-9-15)22(28)26-19-12-6-4-10-16(19)21(27)25-20-13-7-5-11-17(20)23(29)30/h1-13,18H,14,24H2,(H,25,27)(H,26,28)(H,29,30)/t18-/m1/s1. The molecule has 0 fully saturated rings. The highest BCUT2D eigenvalue weighted by Crippen LogP contribution is 2.20. The number of para-hydroxylation sites is 2. The maximum Gasteiger partial charge on any atom is 0.337 e. The first-order valence-corrected chi connectivity index (χ1v) is 9.29. The van der Waals surface area contributed by atoms with Gasteiger partial charge in [-0.05, 0) is 36.2 Å². The number of anilines is 2. The van der Waals surface area contributed by atoms with E-state index >= 15 is 0 Å². The number of hydrogen-bond acceptors (Lipinski definition) is 4. The summed E-state index contributed by atoms with van der Waals surface area (Å²) >= 11 is 0. The zero-order valence-electron chi connectivity index (χ0n) is 16.0. The van der Waals surface area contributed by atoms with Gasteiger partial charge in [0.25, 0.3) is 5.91 Å². The van der Waals surface area contributed by atoms with Crippen LogP contribution in [0.25, 0.3) is 0 Å². The molecule has 152 valence electrons. The third kappa shape index (κ3) is 5.09. The number of hydrogen-bond donors (Lipinski definition) is 4. The Morgan fingerprint density at radius 3 is 1.93 bits per heavy atom. The highest BCUT2D eigenvalue weighted by atomic mass is 16.4. The maximum absolute atomic E-state index is 12.8. The van der Waals surface area contributed by atoms with E-state index < -0.39 is 23.8 Å². The van der Waals surface area contributed by atoms with Crippen molar-refractivity contribution in [3.63, 3.8) is 0 Å². The van der Waals surface area contributed by atoms with Crippen molar-refractivity contribution in [2.75, 3.05) is 10.6 Å². The van der Waals surface area contributed by atoms with Gasteiger partial charge in [-0.15, -0.1) is 0 Å². The number of aromatic carboxylic acids is 1. The number of benzene rings is 3. The number of nitrogens with two attached hydrogens (primary N) is 1. The van der Waals surface area contributed by atoms with E-state index in [0.29, 0.717) is 6.42 Å². The molecule has 5 N–H and O–H groups in total. The Balaban J connectivity index is 1.75. The van der Waals surface area contributed by atoms with Gasteiger partial charge < -0.3 is 21.5 Å². The summed E-state index contributed by atoms with van der Waals surface area (Å²) in [7, 11) is 0. The smallest absolute Gasteiger partial charge is 0.337 e. The molecule has 3 aromatic rings. The number of rotatable bonds is 7. The number of nitrogens with one attached hydrogen (secondary N) is 2. The summed E-state index contributed by atoms with van der Waals surface area (Å²) in [6.07, 6.45) is 0.354. The third-order valence-corrected chi connectivity index (χ3v) is 4.47. The van der Waals surface area contributed by atoms with Gasteiger partial charge in [0.05, 0.1) is 28.5 Å². The minimum atomic E-state index is -1.15. The molecule has 0 aliphatic carbocycles.